The number of rotatable bonds is 5. The van der Waals surface area contributed by atoms with Crippen molar-refractivity contribution in [2.24, 2.45) is 0 Å². The zero-order chi connectivity index (χ0) is 14.4. The summed E-state index contributed by atoms with van der Waals surface area (Å²) in [6, 6.07) is 15.9. The lowest BCUT2D eigenvalue weighted by molar-refractivity contribution is -0.122. The van der Waals surface area contributed by atoms with Crippen LogP contribution >= 0.6 is 0 Å². The lowest BCUT2D eigenvalue weighted by atomic mass is 10.2. The van der Waals surface area contributed by atoms with Gasteiger partial charge in [-0.3, -0.25) is 9.59 Å². The van der Waals surface area contributed by atoms with E-state index in [0.29, 0.717) is 23.3 Å². The van der Waals surface area contributed by atoms with Gasteiger partial charge in [-0.2, -0.15) is 0 Å². The average Bonchev–Trinajstić information content (AvgIpc) is 2.48. The third-order valence-corrected chi connectivity index (χ3v) is 2.76. The van der Waals surface area contributed by atoms with Crippen LogP contribution in [0.25, 0.3) is 0 Å². The number of anilines is 1. The van der Waals surface area contributed by atoms with Gasteiger partial charge in [0.1, 0.15) is 5.75 Å². The lowest BCUT2D eigenvalue weighted by Crippen LogP contribution is -2.30. The summed E-state index contributed by atoms with van der Waals surface area (Å²) in [6.07, 6.45) is 0.00765. The maximum absolute atomic E-state index is 12.0. The molecule has 2 aromatic rings. The van der Waals surface area contributed by atoms with Gasteiger partial charge in [0.05, 0.1) is 5.56 Å². The first kappa shape index (κ1) is 13.8. The molecule has 0 heterocycles. The lowest BCUT2D eigenvalue weighted by Gasteiger charge is -2.15. The largest absolute Gasteiger partial charge is 0.480 e. The van der Waals surface area contributed by atoms with E-state index < -0.39 is 6.10 Å². The van der Waals surface area contributed by atoms with Crippen molar-refractivity contribution in [1.29, 1.82) is 0 Å². The fourth-order valence-corrected chi connectivity index (χ4v) is 1.69. The summed E-state index contributed by atoms with van der Waals surface area (Å²) in [5, 5.41) is 2.75. The van der Waals surface area contributed by atoms with Crippen LogP contribution in [-0.2, 0) is 4.79 Å². The van der Waals surface area contributed by atoms with Crippen molar-refractivity contribution in [3.05, 3.63) is 60.2 Å². The zero-order valence-electron chi connectivity index (χ0n) is 11.1. The van der Waals surface area contributed by atoms with E-state index in [2.05, 4.69) is 5.32 Å². The summed E-state index contributed by atoms with van der Waals surface area (Å²) in [7, 11) is 0. The molecule has 20 heavy (non-hydrogen) atoms. The molecule has 0 saturated carbocycles. The standard InChI is InChI=1S/C16H15NO3/c1-12(16(19)17-14-8-3-2-4-9-14)20-15-10-6-5-7-13(15)11-18/h2-12H,1H3,(H,17,19). The highest BCUT2D eigenvalue weighted by Gasteiger charge is 2.16. The molecule has 102 valence electrons. The monoisotopic (exact) mass is 269 g/mol. The predicted octanol–water partition coefficient (Wildman–Crippen LogP) is 2.91. The van der Waals surface area contributed by atoms with Crippen LogP contribution in [0.4, 0.5) is 5.69 Å². The van der Waals surface area contributed by atoms with Crippen LogP contribution < -0.4 is 10.1 Å². The minimum atomic E-state index is -0.698. The summed E-state index contributed by atoms with van der Waals surface area (Å²) < 4.78 is 5.53. The Balaban J connectivity index is 2.02. The molecule has 0 radical (unpaired) electrons. The summed E-state index contributed by atoms with van der Waals surface area (Å²) in [4.78, 5) is 22.9. The molecule has 2 rings (SSSR count). The molecular formula is C16H15NO3. The Hall–Kier alpha value is -2.62. The fraction of sp³-hybridized carbons (Fsp3) is 0.125. The van der Waals surface area contributed by atoms with Gasteiger partial charge in [-0.05, 0) is 31.2 Å². The molecule has 0 aliphatic rings. The van der Waals surface area contributed by atoms with Gasteiger partial charge in [0.15, 0.2) is 12.4 Å². The average molecular weight is 269 g/mol. The Morgan fingerprint density at radius 3 is 2.45 bits per heavy atom. The molecule has 1 N–H and O–H groups in total. The fourth-order valence-electron chi connectivity index (χ4n) is 1.69. The van der Waals surface area contributed by atoms with Crippen molar-refractivity contribution >= 4 is 17.9 Å². The Kier molecular flexibility index (Phi) is 4.50. The molecule has 0 bridgehead atoms. The van der Waals surface area contributed by atoms with E-state index in [1.54, 1.807) is 43.3 Å². The maximum atomic E-state index is 12.0. The van der Waals surface area contributed by atoms with Gasteiger partial charge in [-0.1, -0.05) is 30.3 Å². The normalized spacial score (nSPS) is 11.4. The molecule has 0 spiro atoms. The molecule has 2 aromatic carbocycles. The number of para-hydroxylation sites is 2. The second-order valence-corrected chi connectivity index (χ2v) is 4.27. The van der Waals surface area contributed by atoms with Crippen molar-refractivity contribution < 1.29 is 14.3 Å². The number of benzene rings is 2. The number of nitrogens with one attached hydrogen (secondary N) is 1. The maximum Gasteiger partial charge on any atom is 0.265 e. The van der Waals surface area contributed by atoms with Crippen molar-refractivity contribution in [3.63, 3.8) is 0 Å². The van der Waals surface area contributed by atoms with Gasteiger partial charge < -0.3 is 10.1 Å². The topological polar surface area (TPSA) is 55.4 Å². The minimum absolute atomic E-state index is 0.267. The Labute approximate surface area is 117 Å². The summed E-state index contributed by atoms with van der Waals surface area (Å²) in [5.74, 6) is 0.134. The Bertz CT molecular complexity index is 596. The second-order valence-electron chi connectivity index (χ2n) is 4.27. The van der Waals surface area contributed by atoms with Gasteiger partial charge in [-0.25, -0.2) is 0 Å². The molecule has 0 fully saturated rings. The third kappa shape index (κ3) is 3.45. The predicted molar refractivity (Wildman–Crippen MR) is 77.0 cm³/mol. The molecule has 4 heteroatoms. The molecule has 0 aliphatic carbocycles. The molecule has 1 unspecified atom stereocenters. The van der Waals surface area contributed by atoms with Crippen LogP contribution in [0.2, 0.25) is 0 Å². The molecular weight excluding hydrogens is 254 g/mol. The Morgan fingerprint density at radius 1 is 1.10 bits per heavy atom. The first-order valence-electron chi connectivity index (χ1n) is 6.27. The van der Waals surface area contributed by atoms with Crippen LogP contribution in [0.15, 0.2) is 54.6 Å². The second kappa shape index (κ2) is 6.52. The van der Waals surface area contributed by atoms with E-state index in [4.69, 9.17) is 4.74 Å². The quantitative estimate of drug-likeness (QED) is 0.849. The summed E-state index contributed by atoms with van der Waals surface area (Å²) >= 11 is 0. The van der Waals surface area contributed by atoms with Crippen LogP contribution in [0.3, 0.4) is 0 Å². The van der Waals surface area contributed by atoms with Crippen molar-refractivity contribution in [1.82, 2.24) is 0 Å². The van der Waals surface area contributed by atoms with E-state index >= 15 is 0 Å². The molecule has 0 aromatic heterocycles. The molecule has 1 atom stereocenters. The first-order valence-corrected chi connectivity index (χ1v) is 6.27. The zero-order valence-corrected chi connectivity index (χ0v) is 11.1. The highest BCUT2D eigenvalue weighted by Crippen LogP contribution is 2.17. The number of hydrogen-bond acceptors (Lipinski definition) is 3. The van der Waals surface area contributed by atoms with Crippen LogP contribution in [0.1, 0.15) is 17.3 Å². The highest BCUT2D eigenvalue weighted by atomic mass is 16.5. The number of ether oxygens (including phenoxy) is 1. The number of carbonyl (C=O) groups excluding carboxylic acids is 2. The van der Waals surface area contributed by atoms with Crippen LogP contribution in [-0.4, -0.2) is 18.3 Å². The molecule has 0 saturated heterocycles. The smallest absolute Gasteiger partial charge is 0.265 e. The number of hydrogen-bond donors (Lipinski definition) is 1. The Morgan fingerprint density at radius 2 is 1.75 bits per heavy atom. The highest BCUT2D eigenvalue weighted by molar-refractivity contribution is 5.94. The minimum Gasteiger partial charge on any atom is -0.480 e. The van der Waals surface area contributed by atoms with Crippen LogP contribution in [0.5, 0.6) is 5.75 Å². The van der Waals surface area contributed by atoms with E-state index in [0.717, 1.165) is 0 Å². The van der Waals surface area contributed by atoms with Gasteiger partial charge in [0.2, 0.25) is 0 Å². The SMILES string of the molecule is CC(Oc1ccccc1C=O)C(=O)Nc1ccccc1. The van der Waals surface area contributed by atoms with E-state index in [-0.39, 0.29) is 5.91 Å². The van der Waals surface area contributed by atoms with E-state index in [1.807, 2.05) is 18.2 Å². The van der Waals surface area contributed by atoms with Gasteiger partial charge in [0.25, 0.3) is 5.91 Å². The van der Waals surface area contributed by atoms with Crippen molar-refractivity contribution in [3.8, 4) is 5.75 Å². The van der Waals surface area contributed by atoms with Gasteiger partial charge in [0, 0.05) is 5.69 Å². The number of carbonyl (C=O) groups is 2. The van der Waals surface area contributed by atoms with Gasteiger partial charge in [-0.15, -0.1) is 0 Å². The molecule has 4 nitrogen and oxygen atoms in total. The van der Waals surface area contributed by atoms with Crippen molar-refractivity contribution in [2.45, 2.75) is 13.0 Å². The van der Waals surface area contributed by atoms with E-state index in [1.165, 1.54) is 0 Å². The molecule has 0 aliphatic heterocycles. The van der Waals surface area contributed by atoms with Crippen molar-refractivity contribution in [2.75, 3.05) is 5.32 Å². The van der Waals surface area contributed by atoms with Gasteiger partial charge >= 0.3 is 0 Å². The van der Waals surface area contributed by atoms with Crippen LogP contribution in [0, 0.1) is 0 Å². The van der Waals surface area contributed by atoms with E-state index in [9.17, 15) is 9.59 Å². The molecule has 1 amide bonds. The third-order valence-electron chi connectivity index (χ3n) is 2.76. The summed E-state index contributed by atoms with van der Waals surface area (Å²) in [6.45, 7) is 1.64. The number of amides is 1. The number of aldehydes is 1. The first-order chi connectivity index (χ1) is 9.70. The summed E-state index contributed by atoms with van der Waals surface area (Å²) in [5.41, 5.74) is 1.13.